The molecule has 2 aromatic rings. The van der Waals surface area contributed by atoms with Crippen molar-refractivity contribution in [3.8, 4) is 0 Å². The molecule has 1 saturated heterocycles. The zero-order valence-electron chi connectivity index (χ0n) is 13.9. The van der Waals surface area contributed by atoms with Gasteiger partial charge in [-0.3, -0.25) is 4.98 Å². The zero-order chi connectivity index (χ0) is 16.4. The molecule has 0 atom stereocenters. The van der Waals surface area contributed by atoms with Crippen molar-refractivity contribution in [2.45, 2.75) is 31.2 Å². The van der Waals surface area contributed by atoms with Crippen LogP contribution in [0.15, 0.2) is 36.5 Å². The van der Waals surface area contributed by atoms with Crippen molar-refractivity contribution in [1.82, 2.24) is 9.97 Å². The molecule has 3 heterocycles. The Morgan fingerprint density at radius 1 is 1.12 bits per heavy atom. The molecule has 24 heavy (non-hydrogen) atoms. The monoisotopic (exact) mass is 324 g/mol. The van der Waals surface area contributed by atoms with Gasteiger partial charge in [-0.25, -0.2) is 4.98 Å². The normalized spacial score (nSPS) is 23.8. The molecule has 2 fully saturated rings. The van der Waals surface area contributed by atoms with Crippen LogP contribution in [0.2, 0.25) is 0 Å². The van der Waals surface area contributed by atoms with Crippen LogP contribution in [-0.2, 0) is 11.3 Å². The van der Waals surface area contributed by atoms with E-state index in [4.69, 9.17) is 15.5 Å². The summed E-state index contributed by atoms with van der Waals surface area (Å²) in [6.07, 6.45) is 4.20. The maximum absolute atomic E-state index is 5.70. The van der Waals surface area contributed by atoms with Gasteiger partial charge in [-0.15, -0.1) is 0 Å². The van der Waals surface area contributed by atoms with Crippen molar-refractivity contribution in [2.75, 3.05) is 31.2 Å². The van der Waals surface area contributed by atoms with E-state index in [1.165, 1.54) is 11.3 Å². The van der Waals surface area contributed by atoms with Crippen LogP contribution in [-0.4, -0.2) is 36.3 Å². The van der Waals surface area contributed by atoms with E-state index in [2.05, 4.69) is 40.2 Å². The number of nitrogens with two attached hydrogens (primary N) is 1. The van der Waals surface area contributed by atoms with Gasteiger partial charge in [0.1, 0.15) is 5.82 Å². The van der Waals surface area contributed by atoms with E-state index in [0.717, 1.165) is 50.7 Å². The van der Waals surface area contributed by atoms with E-state index < -0.39 is 0 Å². The number of pyridine rings is 2. The molecule has 0 amide bonds. The Morgan fingerprint density at radius 2 is 1.96 bits per heavy atom. The van der Waals surface area contributed by atoms with Crippen LogP contribution in [0.25, 0.3) is 0 Å². The van der Waals surface area contributed by atoms with Gasteiger partial charge in [0.05, 0.1) is 18.9 Å². The van der Waals surface area contributed by atoms with Gasteiger partial charge in [0.25, 0.3) is 0 Å². The predicted molar refractivity (Wildman–Crippen MR) is 94.1 cm³/mol. The summed E-state index contributed by atoms with van der Waals surface area (Å²) in [5.41, 5.74) is 9.27. The van der Waals surface area contributed by atoms with Crippen molar-refractivity contribution in [3.05, 3.63) is 53.5 Å². The maximum Gasteiger partial charge on any atom is 0.128 e. The van der Waals surface area contributed by atoms with E-state index in [-0.39, 0.29) is 0 Å². The molecule has 0 bridgehead atoms. The second-order valence-corrected chi connectivity index (χ2v) is 6.67. The van der Waals surface area contributed by atoms with Crippen LogP contribution in [0.1, 0.15) is 41.6 Å². The van der Waals surface area contributed by atoms with Gasteiger partial charge in [-0.05, 0) is 48.6 Å². The van der Waals surface area contributed by atoms with Crippen molar-refractivity contribution >= 4 is 5.82 Å². The average Bonchev–Trinajstić information content (AvgIpc) is 2.62. The highest BCUT2D eigenvalue weighted by Gasteiger charge is 2.32. The fourth-order valence-corrected chi connectivity index (χ4v) is 3.63. The van der Waals surface area contributed by atoms with Crippen molar-refractivity contribution < 1.29 is 4.74 Å². The number of aromatic nitrogens is 2. The van der Waals surface area contributed by atoms with Gasteiger partial charge in [0, 0.05) is 37.4 Å². The molecular weight excluding hydrogens is 300 g/mol. The molecule has 5 heteroatoms. The molecule has 4 rings (SSSR count). The number of hydrogen-bond acceptors (Lipinski definition) is 5. The Balaban J connectivity index is 1.43. The number of rotatable bonds is 4. The first-order valence-corrected chi connectivity index (χ1v) is 8.78. The highest BCUT2D eigenvalue weighted by molar-refractivity contribution is 5.41. The third-order valence-electron chi connectivity index (χ3n) is 5.17. The molecule has 0 radical (unpaired) electrons. The van der Waals surface area contributed by atoms with Gasteiger partial charge in [0.2, 0.25) is 0 Å². The molecule has 0 aromatic carbocycles. The minimum atomic E-state index is 0.507. The number of hydrogen-bond donors (Lipinski definition) is 1. The summed E-state index contributed by atoms with van der Waals surface area (Å²) in [5, 5.41) is 0. The fourth-order valence-electron chi connectivity index (χ4n) is 3.63. The summed E-state index contributed by atoms with van der Waals surface area (Å²) in [7, 11) is 0. The smallest absolute Gasteiger partial charge is 0.128 e. The van der Waals surface area contributed by atoms with E-state index >= 15 is 0 Å². The Bertz CT molecular complexity index is 693. The van der Waals surface area contributed by atoms with Gasteiger partial charge in [-0.2, -0.15) is 0 Å². The largest absolute Gasteiger partial charge is 0.378 e. The topological polar surface area (TPSA) is 64.3 Å². The SMILES string of the molecule is NCc1cc(C2CC(c3cccc(N4CCOCC4)n3)C2)ccn1. The van der Waals surface area contributed by atoms with Crippen LogP contribution in [0.4, 0.5) is 5.82 Å². The maximum atomic E-state index is 5.70. The van der Waals surface area contributed by atoms with E-state index in [1.54, 1.807) is 0 Å². The molecule has 126 valence electrons. The van der Waals surface area contributed by atoms with Crippen LogP contribution in [0, 0.1) is 0 Å². The lowest BCUT2D eigenvalue weighted by molar-refractivity contribution is 0.122. The third kappa shape index (κ3) is 3.14. The number of anilines is 1. The number of ether oxygens (including phenoxy) is 1. The summed E-state index contributed by atoms with van der Waals surface area (Å²) in [6.45, 7) is 3.96. The van der Waals surface area contributed by atoms with Gasteiger partial charge >= 0.3 is 0 Å². The fraction of sp³-hybridized carbons (Fsp3) is 0.474. The summed E-state index contributed by atoms with van der Waals surface area (Å²) in [6, 6.07) is 10.7. The van der Waals surface area contributed by atoms with Gasteiger partial charge in [0.15, 0.2) is 0 Å². The molecule has 1 saturated carbocycles. The molecule has 2 aromatic heterocycles. The Hall–Kier alpha value is -1.98. The van der Waals surface area contributed by atoms with E-state index in [1.807, 2.05) is 6.20 Å². The molecular formula is C19H24N4O. The highest BCUT2D eigenvalue weighted by atomic mass is 16.5. The second kappa shape index (κ2) is 6.87. The molecule has 1 aliphatic heterocycles. The summed E-state index contributed by atoms with van der Waals surface area (Å²) in [4.78, 5) is 11.5. The minimum Gasteiger partial charge on any atom is -0.378 e. The third-order valence-corrected chi connectivity index (χ3v) is 5.17. The van der Waals surface area contributed by atoms with E-state index in [9.17, 15) is 0 Å². The molecule has 1 aliphatic carbocycles. The first kappa shape index (κ1) is 15.5. The molecule has 2 N–H and O–H groups in total. The first-order valence-electron chi connectivity index (χ1n) is 8.78. The van der Waals surface area contributed by atoms with Crippen molar-refractivity contribution in [3.63, 3.8) is 0 Å². The van der Waals surface area contributed by atoms with Crippen LogP contribution in [0.3, 0.4) is 0 Å². The quantitative estimate of drug-likeness (QED) is 0.936. The molecule has 2 aliphatic rings. The number of nitrogens with zero attached hydrogens (tertiary/aromatic N) is 3. The summed E-state index contributed by atoms with van der Waals surface area (Å²) in [5.74, 6) is 2.26. The average molecular weight is 324 g/mol. The van der Waals surface area contributed by atoms with Gasteiger partial charge < -0.3 is 15.4 Å². The highest BCUT2D eigenvalue weighted by Crippen LogP contribution is 2.47. The second-order valence-electron chi connectivity index (χ2n) is 6.67. The van der Waals surface area contributed by atoms with Crippen LogP contribution in [0.5, 0.6) is 0 Å². The zero-order valence-corrected chi connectivity index (χ0v) is 13.9. The Morgan fingerprint density at radius 3 is 2.75 bits per heavy atom. The molecule has 0 unspecified atom stereocenters. The van der Waals surface area contributed by atoms with Crippen molar-refractivity contribution in [2.24, 2.45) is 5.73 Å². The summed E-state index contributed by atoms with van der Waals surface area (Å²) < 4.78 is 5.43. The first-order chi connectivity index (χ1) is 11.8. The van der Waals surface area contributed by atoms with Crippen molar-refractivity contribution in [1.29, 1.82) is 0 Å². The van der Waals surface area contributed by atoms with E-state index in [0.29, 0.717) is 18.4 Å². The lowest BCUT2D eigenvalue weighted by Gasteiger charge is -2.36. The number of morpholine rings is 1. The lowest BCUT2D eigenvalue weighted by Crippen LogP contribution is -2.37. The Labute approximate surface area is 142 Å². The van der Waals surface area contributed by atoms with Crippen LogP contribution >= 0.6 is 0 Å². The Kier molecular flexibility index (Phi) is 4.45. The predicted octanol–water partition coefficient (Wildman–Crippen LogP) is 2.43. The minimum absolute atomic E-state index is 0.507. The molecule has 0 spiro atoms. The standard InChI is InChI=1S/C19H24N4O/c20-13-17-12-14(4-5-21-17)15-10-16(11-15)18-2-1-3-19(22-18)23-6-8-24-9-7-23/h1-5,12,15-16H,6-11,13,20H2. The summed E-state index contributed by atoms with van der Waals surface area (Å²) >= 11 is 0. The lowest BCUT2D eigenvalue weighted by atomic mass is 9.70. The molecule has 5 nitrogen and oxygen atoms in total. The van der Waals surface area contributed by atoms with Crippen LogP contribution < -0.4 is 10.6 Å². The van der Waals surface area contributed by atoms with Gasteiger partial charge in [-0.1, -0.05) is 6.07 Å².